The van der Waals surface area contributed by atoms with Crippen LogP contribution in [0.3, 0.4) is 0 Å². The summed E-state index contributed by atoms with van der Waals surface area (Å²) in [5.74, 6) is 0.968. The third-order valence-corrected chi connectivity index (χ3v) is 5.27. The molecule has 2 fully saturated rings. The molecule has 0 radical (unpaired) electrons. The van der Waals surface area contributed by atoms with E-state index in [0.717, 1.165) is 56.4 Å². The standard InChI is InChI=1S/C16H25N5O2S/c1-20(16(22)23-13-3-7-17-11-13)12-5-9-21(10-6-12)14-4-8-18-15(19-14)24-2/h4,8,12-13,17H,3,5-7,9-11H2,1-2H3/t13-/m0/s1. The number of piperidine rings is 1. The number of thioether (sulfide) groups is 1. The van der Waals surface area contributed by atoms with Gasteiger partial charge in [0.2, 0.25) is 0 Å². The number of hydrogen-bond acceptors (Lipinski definition) is 7. The molecule has 0 bridgehead atoms. The van der Waals surface area contributed by atoms with E-state index in [2.05, 4.69) is 20.2 Å². The first-order chi connectivity index (χ1) is 11.7. The summed E-state index contributed by atoms with van der Waals surface area (Å²) in [4.78, 5) is 25.1. The fourth-order valence-electron chi connectivity index (χ4n) is 3.19. The van der Waals surface area contributed by atoms with E-state index in [1.54, 1.807) is 22.9 Å². The van der Waals surface area contributed by atoms with Crippen molar-refractivity contribution in [3.8, 4) is 0 Å². The Balaban J connectivity index is 1.51. The molecule has 1 aromatic heterocycles. The zero-order chi connectivity index (χ0) is 16.9. The second-order valence-corrected chi connectivity index (χ2v) is 7.00. The van der Waals surface area contributed by atoms with Crippen LogP contribution in [0.25, 0.3) is 0 Å². The maximum absolute atomic E-state index is 12.3. The van der Waals surface area contributed by atoms with E-state index in [9.17, 15) is 4.79 Å². The highest BCUT2D eigenvalue weighted by Gasteiger charge is 2.29. The van der Waals surface area contributed by atoms with Gasteiger partial charge in [-0.2, -0.15) is 0 Å². The molecule has 3 rings (SSSR count). The minimum absolute atomic E-state index is 0.0195. The van der Waals surface area contributed by atoms with Crippen LogP contribution in [0.4, 0.5) is 10.6 Å². The Kier molecular flexibility index (Phi) is 5.78. The fourth-order valence-corrected chi connectivity index (χ4v) is 3.54. The number of aromatic nitrogens is 2. The number of ether oxygens (including phenoxy) is 1. The van der Waals surface area contributed by atoms with Gasteiger partial charge in [0.15, 0.2) is 5.16 Å². The van der Waals surface area contributed by atoms with Crippen LogP contribution in [0.15, 0.2) is 17.4 Å². The first-order valence-corrected chi connectivity index (χ1v) is 9.66. The second kappa shape index (κ2) is 8.02. The summed E-state index contributed by atoms with van der Waals surface area (Å²) < 4.78 is 5.56. The van der Waals surface area contributed by atoms with Gasteiger partial charge in [-0.05, 0) is 38.1 Å². The van der Waals surface area contributed by atoms with Crippen LogP contribution in [0.2, 0.25) is 0 Å². The third kappa shape index (κ3) is 4.10. The van der Waals surface area contributed by atoms with Gasteiger partial charge in [0.05, 0.1) is 0 Å². The van der Waals surface area contributed by atoms with Crippen LogP contribution in [-0.4, -0.2) is 72.6 Å². The van der Waals surface area contributed by atoms with Crippen molar-refractivity contribution < 1.29 is 9.53 Å². The Bertz CT molecular complexity index is 559. The molecule has 1 N–H and O–H groups in total. The van der Waals surface area contributed by atoms with Crippen molar-refractivity contribution in [2.45, 2.75) is 36.6 Å². The van der Waals surface area contributed by atoms with Gasteiger partial charge in [0, 0.05) is 38.9 Å². The van der Waals surface area contributed by atoms with E-state index >= 15 is 0 Å². The lowest BCUT2D eigenvalue weighted by Gasteiger charge is -2.37. The van der Waals surface area contributed by atoms with Crippen LogP contribution in [-0.2, 0) is 4.74 Å². The van der Waals surface area contributed by atoms with Gasteiger partial charge >= 0.3 is 6.09 Å². The molecule has 1 atom stereocenters. The van der Waals surface area contributed by atoms with Gasteiger partial charge in [0.1, 0.15) is 11.9 Å². The van der Waals surface area contributed by atoms with E-state index in [1.165, 1.54) is 0 Å². The number of carbonyl (C=O) groups is 1. The number of rotatable bonds is 4. The van der Waals surface area contributed by atoms with E-state index in [4.69, 9.17) is 4.74 Å². The lowest BCUT2D eigenvalue weighted by Crippen LogP contribution is -2.46. The molecular weight excluding hydrogens is 326 g/mol. The molecule has 2 saturated heterocycles. The molecule has 0 aromatic carbocycles. The molecule has 2 aliphatic heterocycles. The first-order valence-electron chi connectivity index (χ1n) is 8.43. The van der Waals surface area contributed by atoms with Gasteiger partial charge in [-0.15, -0.1) is 0 Å². The van der Waals surface area contributed by atoms with E-state index in [0.29, 0.717) is 0 Å². The summed E-state index contributed by atoms with van der Waals surface area (Å²) in [6.07, 6.45) is 6.36. The number of hydrogen-bond donors (Lipinski definition) is 1. The van der Waals surface area contributed by atoms with E-state index in [1.807, 2.05) is 19.4 Å². The normalized spacial score (nSPS) is 21.8. The quantitative estimate of drug-likeness (QED) is 0.652. The minimum Gasteiger partial charge on any atom is -0.445 e. The molecule has 1 amide bonds. The van der Waals surface area contributed by atoms with Gasteiger partial charge in [-0.3, -0.25) is 0 Å². The predicted octanol–water partition coefficient (Wildman–Crippen LogP) is 1.60. The molecule has 2 aliphatic rings. The highest BCUT2D eigenvalue weighted by atomic mass is 32.2. The Hall–Kier alpha value is -1.54. The number of carbonyl (C=O) groups excluding carboxylic acids is 1. The smallest absolute Gasteiger partial charge is 0.410 e. The number of anilines is 1. The van der Waals surface area contributed by atoms with Crippen molar-refractivity contribution in [3.05, 3.63) is 12.3 Å². The molecule has 132 valence electrons. The Morgan fingerprint density at radius 3 is 2.88 bits per heavy atom. The van der Waals surface area contributed by atoms with Crippen LogP contribution in [0.5, 0.6) is 0 Å². The van der Waals surface area contributed by atoms with Crippen LogP contribution >= 0.6 is 11.8 Å². The molecule has 0 aliphatic carbocycles. The van der Waals surface area contributed by atoms with Crippen molar-refractivity contribution in [1.29, 1.82) is 0 Å². The summed E-state index contributed by atoms with van der Waals surface area (Å²) in [5, 5.41) is 4.01. The SMILES string of the molecule is CSc1nccc(N2CCC(N(C)C(=O)O[C@H]3CCNC3)CC2)n1. The van der Waals surface area contributed by atoms with Crippen LogP contribution in [0, 0.1) is 0 Å². The van der Waals surface area contributed by atoms with Crippen molar-refractivity contribution in [2.75, 3.05) is 44.4 Å². The van der Waals surface area contributed by atoms with Crippen molar-refractivity contribution >= 4 is 23.7 Å². The Morgan fingerprint density at radius 2 is 2.21 bits per heavy atom. The van der Waals surface area contributed by atoms with Gasteiger partial charge in [-0.1, -0.05) is 11.8 Å². The first kappa shape index (κ1) is 17.3. The highest BCUT2D eigenvalue weighted by molar-refractivity contribution is 7.98. The summed E-state index contributed by atoms with van der Waals surface area (Å²) >= 11 is 1.55. The zero-order valence-corrected chi connectivity index (χ0v) is 15.1. The van der Waals surface area contributed by atoms with Crippen molar-refractivity contribution in [2.24, 2.45) is 0 Å². The predicted molar refractivity (Wildman–Crippen MR) is 94.6 cm³/mol. The number of nitrogens with zero attached hydrogens (tertiary/aromatic N) is 4. The molecule has 24 heavy (non-hydrogen) atoms. The summed E-state index contributed by atoms with van der Waals surface area (Å²) in [6.45, 7) is 3.47. The Labute approximate surface area is 147 Å². The monoisotopic (exact) mass is 351 g/mol. The van der Waals surface area contributed by atoms with E-state index < -0.39 is 0 Å². The summed E-state index contributed by atoms with van der Waals surface area (Å²) in [7, 11) is 1.85. The van der Waals surface area contributed by atoms with Gasteiger partial charge < -0.3 is 19.9 Å². The maximum Gasteiger partial charge on any atom is 0.410 e. The Morgan fingerprint density at radius 1 is 1.42 bits per heavy atom. The highest BCUT2D eigenvalue weighted by Crippen LogP contribution is 2.22. The lowest BCUT2D eigenvalue weighted by molar-refractivity contribution is 0.0626. The molecule has 3 heterocycles. The van der Waals surface area contributed by atoms with Crippen molar-refractivity contribution in [1.82, 2.24) is 20.2 Å². The second-order valence-electron chi connectivity index (χ2n) is 6.23. The molecule has 0 unspecified atom stereocenters. The zero-order valence-electron chi connectivity index (χ0n) is 14.3. The lowest BCUT2D eigenvalue weighted by atomic mass is 10.0. The molecule has 7 nitrogen and oxygen atoms in total. The topological polar surface area (TPSA) is 70.6 Å². The average molecular weight is 351 g/mol. The van der Waals surface area contributed by atoms with Gasteiger partial charge in [-0.25, -0.2) is 14.8 Å². The minimum atomic E-state index is -0.200. The van der Waals surface area contributed by atoms with Gasteiger partial charge in [0.25, 0.3) is 0 Å². The molecule has 0 spiro atoms. The molecular formula is C16H25N5O2S. The average Bonchev–Trinajstić information content (AvgIpc) is 3.14. The van der Waals surface area contributed by atoms with Crippen LogP contribution in [0.1, 0.15) is 19.3 Å². The fraction of sp³-hybridized carbons (Fsp3) is 0.688. The molecule has 8 heteroatoms. The van der Waals surface area contributed by atoms with Crippen LogP contribution < -0.4 is 10.2 Å². The molecule has 1 aromatic rings. The van der Waals surface area contributed by atoms with E-state index in [-0.39, 0.29) is 18.2 Å². The summed E-state index contributed by atoms with van der Waals surface area (Å²) in [6, 6.07) is 2.18. The maximum atomic E-state index is 12.3. The summed E-state index contributed by atoms with van der Waals surface area (Å²) in [5.41, 5.74) is 0. The number of nitrogens with one attached hydrogen (secondary N) is 1. The number of amides is 1. The third-order valence-electron chi connectivity index (χ3n) is 4.71. The van der Waals surface area contributed by atoms with Crippen molar-refractivity contribution in [3.63, 3.8) is 0 Å². The largest absolute Gasteiger partial charge is 0.445 e. The molecule has 0 saturated carbocycles.